The monoisotopic (exact) mass is 444 g/mol. The van der Waals surface area contributed by atoms with Crippen LogP contribution in [0, 0.1) is 35.5 Å². The Morgan fingerprint density at radius 1 is 1.06 bits per heavy atom. The van der Waals surface area contributed by atoms with Crippen molar-refractivity contribution in [1.29, 1.82) is 0 Å². The van der Waals surface area contributed by atoms with Crippen molar-refractivity contribution >= 4 is 17.5 Å². The number of rotatable bonds is 1. The number of ether oxygens (including phenoxy) is 1. The van der Waals surface area contributed by atoms with Crippen LogP contribution in [0.3, 0.4) is 0 Å². The first-order chi connectivity index (χ1) is 15.3. The zero-order valence-electron chi connectivity index (χ0n) is 19.1. The van der Waals surface area contributed by atoms with E-state index in [1.807, 2.05) is 6.08 Å². The minimum Gasteiger partial charge on any atom is -0.460 e. The predicted molar refractivity (Wildman–Crippen MR) is 120 cm³/mol. The number of carbonyl (C=O) groups excluding carboxylic acids is 3. The molecule has 0 amide bonds. The molecule has 2 fully saturated rings. The molecule has 0 spiro atoms. The Balaban J connectivity index is 0.00000141. The first-order valence-corrected chi connectivity index (χ1v) is 11.8. The second-order valence-corrected chi connectivity index (χ2v) is 9.67. The highest BCUT2D eigenvalue weighted by atomic mass is 16.6. The lowest BCUT2D eigenvalue weighted by Gasteiger charge is -2.34. The van der Waals surface area contributed by atoms with Gasteiger partial charge in [0, 0.05) is 24.7 Å². The molecule has 176 valence electrons. The molecule has 4 rings (SSSR count). The third kappa shape index (κ3) is 4.81. The van der Waals surface area contributed by atoms with E-state index in [4.69, 9.17) is 4.74 Å². The van der Waals surface area contributed by atoms with Gasteiger partial charge >= 0.3 is 5.97 Å². The largest absolute Gasteiger partial charge is 0.460 e. The molecule has 0 aromatic carbocycles. The number of allylic oxidation sites excluding steroid dienone is 4. The Kier molecular flexibility index (Phi) is 7.88. The molecule has 0 radical (unpaired) electrons. The number of Topliss-reactive ketones (excluding diaryl/α,β-unsaturated/α-hetero) is 2. The molecule has 1 aliphatic heterocycles. The summed E-state index contributed by atoms with van der Waals surface area (Å²) in [5.74, 6) is -0.677. The number of esters is 1. The van der Waals surface area contributed by atoms with Crippen molar-refractivity contribution in [2.45, 2.75) is 70.7 Å². The van der Waals surface area contributed by atoms with Gasteiger partial charge in [-0.3, -0.25) is 14.4 Å². The number of hydrogen-bond donors (Lipinski definition) is 2. The number of cyclic esters (lactones) is 1. The van der Waals surface area contributed by atoms with Crippen molar-refractivity contribution < 1.29 is 29.3 Å². The summed E-state index contributed by atoms with van der Waals surface area (Å²) in [6.07, 6.45) is 6.56. The van der Waals surface area contributed by atoms with Crippen LogP contribution in [-0.2, 0) is 19.1 Å². The third-order valence-electron chi connectivity index (χ3n) is 7.70. The van der Waals surface area contributed by atoms with Gasteiger partial charge in [-0.1, -0.05) is 25.2 Å². The van der Waals surface area contributed by atoms with Gasteiger partial charge in [0.15, 0.2) is 5.78 Å². The van der Waals surface area contributed by atoms with Crippen LogP contribution in [0.1, 0.15) is 52.4 Å². The predicted octanol–water partition coefficient (Wildman–Crippen LogP) is 3.18. The van der Waals surface area contributed by atoms with E-state index in [1.54, 1.807) is 13.8 Å². The average molecular weight is 445 g/mol. The molecule has 0 aromatic rings. The van der Waals surface area contributed by atoms with E-state index in [2.05, 4.69) is 25.3 Å². The van der Waals surface area contributed by atoms with Gasteiger partial charge in [-0.2, -0.15) is 0 Å². The molecular weight excluding hydrogens is 408 g/mol. The van der Waals surface area contributed by atoms with Gasteiger partial charge in [0.2, 0.25) is 0 Å². The zero-order chi connectivity index (χ0) is 23.6. The Bertz CT molecular complexity index is 796. The number of hydrogen-bond acceptors (Lipinski definition) is 6. The maximum Gasteiger partial charge on any atom is 0.306 e. The minimum atomic E-state index is -0.792. The summed E-state index contributed by atoms with van der Waals surface area (Å²) < 4.78 is 5.59. The van der Waals surface area contributed by atoms with Crippen LogP contribution in [0.4, 0.5) is 0 Å². The van der Waals surface area contributed by atoms with Crippen LogP contribution in [0.5, 0.6) is 0 Å². The molecule has 1 heterocycles. The first-order valence-electron chi connectivity index (χ1n) is 11.8. The van der Waals surface area contributed by atoms with Crippen LogP contribution in [0.15, 0.2) is 37.0 Å². The number of ketones is 2. The van der Waals surface area contributed by atoms with Crippen LogP contribution in [0.25, 0.3) is 0 Å². The number of aliphatic hydroxyl groups excluding tert-OH is 2. The molecule has 1 saturated carbocycles. The topological polar surface area (TPSA) is 101 Å². The molecule has 32 heavy (non-hydrogen) atoms. The number of carbonyl (C=O) groups is 3. The van der Waals surface area contributed by atoms with Crippen molar-refractivity contribution in [2.24, 2.45) is 35.5 Å². The summed E-state index contributed by atoms with van der Waals surface area (Å²) in [4.78, 5) is 38.1. The molecule has 0 bridgehead atoms. The summed E-state index contributed by atoms with van der Waals surface area (Å²) in [6, 6.07) is 0. The van der Waals surface area contributed by atoms with Crippen LogP contribution < -0.4 is 0 Å². The molecule has 4 aliphatic rings. The third-order valence-corrected chi connectivity index (χ3v) is 7.70. The smallest absolute Gasteiger partial charge is 0.306 e. The molecule has 2 N–H and O–H groups in total. The molecule has 6 heteroatoms. The highest BCUT2D eigenvalue weighted by Gasteiger charge is 2.49. The Morgan fingerprint density at radius 3 is 2.47 bits per heavy atom. The Morgan fingerprint density at radius 2 is 1.78 bits per heavy atom. The minimum absolute atomic E-state index is 0.0130. The van der Waals surface area contributed by atoms with Gasteiger partial charge in [-0.25, -0.2) is 0 Å². The van der Waals surface area contributed by atoms with Crippen molar-refractivity contribution in [1.82, 2.24) is 0 Å². The van der Waals surface area contributed by atoms with Crippen molar-refractivity contribution in [3.05, 3.63) is 37.0 Å². The highest BCUT2D eigenvalue weighted by Crippen LogP contribution is 2.52. The van der Waals surface area contributed by atoms with E-state index in [9.17, 15) is 24.6 Å². The summed E-state index contributed by atoms with van der Waals surface area (Å²) in [7, 11) is 0. The van der Waals surface area contributed by atoms with Crippen LogP contribution in [-0.4, -0.2) is 46.1 Å². The number of fused-ring (bicyclic) bond motifs is 5. The van der Waals surface area contributed by atoms with E-state index < -0.39 is 30.2 Å². The van der Waals surface area contributed by atoms with Crippen molar-refractivity contribution in [3.8, 4) is 0 Å². The van der Waals surface area contributed by atoms with E-state index in [-0.39, 0.29) is 47.6 Å². The average Bonchev–Trinajstić information content (AvgIpc) is 3.32. The number of aliphatic hydroxyl groups is 2. The van der Waals surface area contributed by atoms with E-state index in [0.717, 1.165) is 0 Å². The Hall–Kier alpha value is -2.05. The van der Waals surface area contributed by atoms with Gasteiger partial charge in [0.05, 0.1) is 18.6 Å². The molecular formula is C26H36O6. The molecule has 9 atom stereocenters. The maximum absolute atomic E-state index is 13.3. The first kappa shape index (κ1) is 24.6. The van der Waals surface area contributed by atoms with Crippen LogP contribution >= 0.6 is 0 Å². The molecule has 6 nitrogen and oxygen atoms in total. The lowest BCUT2D eigenvalue weighted by atomic mass is 9.70. The lowest BCUT2D eigenvalue weighted by molar-refractivity contribution is -0.156. The molecule has 9 unspecified atom stereocenters. The SMILES string of the molecule is C=C.CC(O)C1CCCC(O)C(C)C(=O)C2=CC3C(C=CC4CC(=O)CC43)C2CC(=O)O1. The fourth-order valence-electron chi connectivity index (χ4n) is 5.93. The quantitative estimate of drug-likeness (QED) is 0.476. The van der Waals surface area contributed by atoms with Gasteiger partial charge in [0.25, 0.3) is 0 Å². The molecule has 3 aliphatic carbocycles. The zero-order valence-corrected chi connectivity index (χ0v) is 19.1. The highest BCUT2D eigenvalue weighted by molar-refractivity contribution is 5.99. The van der Waals surface area contributed by atoms with Gasteiger partial charge in [0.1, 0.15) is 11.9 Å². The van der Waals surface area contributed by atoms with Gasteiger partial charge < -0.3 is 14.9 Å². The van der Waals surface area contributed by atoms with Crippen molar-refractivity contribution in [3.63, 3.8) is 0 Å². The van der Waals surface area contributed by atoms with E-state index >= 15 is 0 Å². The normalized spacial score (nSPS) is 40.4. The fraction of sp³-hybridized carbons (Fsp3) is 0.654. The summed E-state index contributed by atoms with van der Waals surface area (Å²) in [6.45, 7) is 9.35. The second-order valence-electron chi connectivity index (χ2n) is 9.67. The maximum atomic E-state index is 13.3. The fourth-order valence-corrected chi connectivity index (χ4v) is 5.93. The Labute approximate surface area is 190 Å². The molecule has 1 saturated heterocycles. The van der Waals surface area contributed by atoms with Gasteiger partial charge in [-0.15, -0.1) is 13.2 Å². The molecule has 0 aromatic heterocycles. The summed E-state index contributed by atoms with van der Waals surface area (Å²) in [5, 5.41) is 20.6. The van der Waals surface area contributed by atoms with E-state index in [0.29, 0.717) is 37.7 Å². The second kappa shape index (κ2) is 10.3. The summed E-state index contributed by atoms with van der Waals surface area (Å²) in [5.41, 5.74) is 0.604. The van der Waals surface area contributed by atoms with Gasteiger partial charge in [-0.05, 0) is 55.4 Å². The lowest BCUT2D eigenvalue weighted by Crippen LogP contribution is -2.35. The standard InChI is InChI=1S/C24H32O6.C2H4/c1-12-21(27)4-3-5-22(13(2)25)30-23(28)11-19-16-7-6-14-8-15(26)9-17(14)18(16)10-20(19)24(12)29;1-2/h6-7,10,12-14,16-19,21-22,25,27H,3-5,8-9,11H2,1-2H3;1-2H2. The van der Waals surface area contributed by atoms with Crippen LogP contribution in [0.2, 0.25) is 0 Å². The van der Waals surface area contributed by atoms with Crippen molar-refractivity contribution in [2.75, 3.05) is 0 Å². The van der Waals surface area contributed by atoms with E-state index in [1.165, 1.54) is 0 Å². The summed E-state index contributed by atoms with van der Waals surface area (Å²) >= 11 is 0.